The Morgan fingerprint density at radius 1 is 0.533 bits per heavy atom. The summed E-state index contributed by atoms with van der Waals surface area (Å²) in [6.45, 7) is 0. The first-order chi connectivity index (χ1) is 14.7. The van der Waals surface area contributed by atoms with Crippen LogP contribution in [-0.2, 0) is 31.3 Å². The van der Waals surface area contributed by atoms with E-state index in [1.54, 1.807) is 0 Å². The molecule has 0 aromatic heterocycles. The topological polar surface area (TPSA) is 20.2 Å². The lowest BCUT2D eigenvalue weighted by Crippen LogP contribution is -2.45. The highest BCUT2D eigenvalue weighted by Crippen LogP contribution is 2.48. The highest BCUT2D eigenvalue weighted by atomic mass is 16.3. The molecule has 0 saturated heterocycles. The number of fused-ring (bicyclic) bond motifs is 3. The Morgan fingerprint density at radius 2 is 1.00 bits per heavy atom. The molecule has 0 amide bonds. The number of aliphatic hydroxyl groups is 1. The van der Waals surface area contributed by atoms with Gasteiger partial charge in [0.2, 0.25) is 0 Å². The van der Waals surface area contributed by atoms with E-state index in [-0.39, 0.29) is 11.8 Å². The highest BCUT2D eigenvalue weighted by molar-refractivity contribution is 5.89. The van der Waals surface area contributed by atoms with Gasteiger partial charge >= 0.3 is 0 Å². The SMILES string of the molecule is OC1(c2ccccc2)C2Cc3ccccc3CC1Cc1cccc3cccc(c13)C2. The molecular formula is C29H26O. The second-order valence-electron chi connectivity index (χ2n) is 9.10. The van der Waals surface area contributed by atoms with Crippen molar-refractivity contribution in [3.63, 3.8) is 0 Å². The molecule has 1 heteroatoms. The molecule has 148 valence electrons. The Balaban J connectivity index is 1.62. The van der Waals surface area contributed by atoms with Crippen molar-refractivity contribution < 1.29 is 5.11 Å². The molecule has 0 radical (unpaired) electrons. The molecule has 2 atom stereocenters. The van der Waals surface area contributed by atoms with Crippen LogP contribution in [0.5, 0.6) is 0 Å². The van der Waals surface area contributed by atoms with Crippen LogP contribution in [0.1, 0.15) is 27.8 Å². The van der Waals surface area contributed by atoms with Crippen LogP contribution in [0.4, 0.5) is 0 Å². The van der Waals surface area contributed by atoms with Crippen LogP contribution in [0, 0.1) is 11.8 Å². The Morgan fingerprint density at radius 3 is 1.57 bits per heavy atom. The molecule has 2 unspecified atom stereocenters. The molecular weight excluding hydrogens is 364 g/mol. The molecule has 6 rings (SSSR count). The van der Waals surface area contributed by atoms with Crippen molar-refractivity contribution in [1.82, 2.24) is 0 Å². The quantitative estimate of drug-likeness (QED) is 0.432. The van der Waals surface area contributed by atoms with E-state index in [0.717, 1.165) is 31.2 Å². The van der Waals surface area contributed by atoms with Crippen molar-refractivity contribution in [3.8, 4) is 0 Å². The summed E-state index contributed by atoms with van der Waals surface area (Å²) in [5.74, 6) is 0.292. The lowest BCUT2D eigenvalue weighted by atomic mass is 9.65. The normalized spacial score (nSPS) is 25.1. The lowest BCUT2D eigenvalue weighted by molar-refractivity contribution is -0.0749. The van der Waals surface area contributed by atoms with Gasteiger partial charge in [0.15, 0.2) is 0 Å². The van der Waals surface area contributed by atoms with Crippen molar-refractivity contribution >= 4 is 10.8 Å². The number of rotatable bonds is 1. The molecule has 4 aromatic carbocycles. The first-order valence-corrected chi connectivity index (χ1v) is 11.1. The van der Waals surface area contributed by atoms with E-state index in [4.69, 9.17) is 0 Å². The minimum absolute atomic E-state index is 0.146. The second-order valence-corrected chi connectivity index (χ2v) is 9.10. The van der Waals surface area contributed by atoms with Crippen LogP contribution in [-0.4, -0.2) is 5.11 Å². The van der Waals surface area contributed by atoms with Crippen molar-refractivity contribution in [2.24, 2.45) is 11.8 Å². The predicted molar refractivity (Wildman–Crippen MR) is 123 cm³/mol. The first-order valence-electron chi connectivity index (χ1n) is 11.1. The fourth-order valence-corrected chi connectivity index (χ4v) is 6.14. The predicted octanol–water partition coefficient (Wildman–Crippen LogP) is 5.86. The van der Waals surface area contributed by atoms with Gasteiger partial charge in [-0.15, -0.1) is 0 Å². The number of hydrogen-bond donors (Lipinski definition) is 1. The molecule has 2 aliphatic carbocycles. The van der Waals surface area contributed by atoms with E-state index in [2.05, 4.69) is 84.9 Å². The molecule has 0 aliphatic heterocycles. The summed E-state index contributed by atoms with van der Waals surface area (Å²) in [5.41, 5.74) is 5.77. The lowest BCUT2D eigenvalue weighted by Gasteiger charge is -2.43. The minimum atomic E-state index is -0.851. The van der Waals surface area contributed by atoms with Gasteiger partial charge in [0.05, 0.1) is 5.60 Å². The van der Waals surface area contributed by atoms with Crippen molar-refractivity contribution in [1.29, 1.82) is 0 Å². The van der Waals surface area contributed by atoms with E-state index in [1.807, 2.05) is 6.07 Å². The average molecular weight is 391 g/mol. The average Bonchev–Trinajstić information content (AvgIpc) is 2.91. The Bertz CT molecular complexity index is 1150. The molecule has 1 nitrogen and oxygen atoms in total. The Labute approximate surface area is 178 Å². The third kappa shape index (κ3) is 2.66. The maximum atomic E-state index is 12.6. The molecule has 0 fully saturated rings. The zero-order valence-corrected chi connectivity index (χ0v) is 17.1. The summed E-state index contributed by atoms with van der Waals surface area (Å²) < 4.78 is 0. The molecule has 1 N–H and O–H groups in total. The maximum absolute atomic E-state index is 12.6. The summed E-state index contributed by atoms with van der Waals surface area (Å²) in [6, 6.07) is 32.6. The van der Waals surface area contributed by atoms with Crippen LogP contribution in [0.25, 0.3) is 10.8 Å². The van der Waals surface area contributed by atoms with Crippen molar-refractivity contribution in [2.75, 3.05) is 0 Å². The van der Waals surface area contributed by atoms with Gasteiger partial charge in [-0.2, -0.15) is 0 Å². The van der Waals surface area contributed by atoms with Gasteiger partial charge in [-0.1, -0.05) is 91.0 Å². The maximum Gasteiger partial charge on any atom is 0.0965 e. The van der Waals surface area contributed by atoms with Crippen molar-refractivity contribution in [3.05, 3.63) is 119 Å². The van der Waals surface area contributed by atoms with E-state index in [0.29, 0.717) is 0 Å². The van der Waals surface area contributed by atoms with E-state index in [9.17, 15) is 5.11 Å². The third-order valence-electron chi connectivity index (χ3n) is 7.54. The molecule has 0 spiro atoms. The summed E-state index contributed by atoms with van der Waals surface area (Å²) in [7, 11) is 0. The van der Waals surface area contributed by atoms with Gasteiger partial charge < -0.3 is 5.11 Å². The third-order valence-corrected chi connectivity index (χ3v) is 7.54. The Hall–Kier alpha value is -2.90. The fourth-order valence-electron chi connectivity index (χ4n) is 6.14. The van der Waals surface area contributed by atoms with Crippen molar-refractivity contribution in [2.45, 2.75) is 31.3 Å². The summed E-state index contributed by atoms with van der Waals surface area (Å²) in [5, 5.41) is 15.3. The highest BCUT2D eigenvalue weighted by Gasteiger charge is 2.48. The molecule has 2 aliphatic rings. The minimum Gasteiger partial charge on any atom is -0.385 e. The van der Waals surface area contributed by atoms with Crippen LogP contribution >= 0.6 is 0 Å². The zero-order valence-electron chi connectivity index (χ0n) is 17.1. The molecule has 30 heavy (non-hydrogen) atoms. The summed E-state index contributed by atoms with van der Waals surface area (Å²) in [4.78, 5) is 0. The monoisotopic (exact) mass is 390 g/mol. The van der Waals surface area contributed by atoms with Crippen LogP contribution in [0.3, 0.4) is 0 Å². The van der Waals surface area contributed by atoms with Gasteiger partial charge in [0.25, 0.3) is 0 Å². The van der Waals surface area contributed by atoms with E-state index < -0.39 is 5.60 Å². The van der Waals surface area contributed by atoms with Gasteiger partial charge in [-0.25, -0.2) is 0 Å². The van der Waals surface area contributed by atoms with Gasteiger partial charge in [0.1, 0.15) is 0 Å². The molecule has 2 bridgehead atoms. The molecule has 0 saturated carbocycles. The first kappa shape index (κ1) is 17.9. The molecule has 0 heterocycles. The van der Waals surface area contributed by atoms with Crippen LogP contribution in [0.15, 0.2) is 91.0 Å². The van der Waals surface area contributed by atoms with Gasteiger partial charge in [-0.3, -0.25) is 0 Å². The fraction of sp³-hybridized carbons (Fsp3) is 0.241. The van der Waals surface area contributed by atoms with Gasteiger partial charge in [-0.05, 0) is 64.3 Å². The van der Waals surface area contributed by atoms with Crippen LogP contribution < -0.4 is 0 Å². The zero-order chi connectivity index (χ0) is 20.1. The smallest absolute Gasteiger partial charge is 0.0965 e. The van der Waals surface area contributed by atoms with E-state index >= 15 is 0 Å². The number of benzene rings is 4. The van der Waals surface area contributed by atoms with E-state index in [1.165, 1.54) is 33.0 Å². The Kier molecular flexibility index (Phi) is 4.07. The van der Waals surface area contributed by atoms with Crippen LogP contribution in [0.2, 0.25) is 0 Å². The molecule has 4 aromatic rings. The second kappa shape index (κ2) is 6.82. The summed E-state index contributed by atoms with van der Waals surface area (Å²) >= 11 is 0. The standard InChI is InChI=1S/C29H26O/c30-29(25-14-2-1-3-15-25)26-16-21-8-4-5-9-22(21)17-27(29)19-24-13-7-11-20-10-6-12-23(18-26)28(20)24/h1-15,26-27,30H,16-19H2. The number of hydrogen-bond acceptors (Lipinski definition) is 1. The largest absolute Gasteiger partial charge is 0.385 e. The van der Waals surface area contributed by atoms with Gasteiger partial charge in [0, 0.05) is 11.8 Å². The summed E-state index contributed by atoms with van der Waals surface area (Å²) in [6.07, 6.45) is 3.61.